The molecule has 3 aromatic rings. The highest BCUT2D eigenvalue weighted by atomic mass is 79.9. The Hall–Kier alpha value is -2.58. The van der Waals surface area contributed by atoms with Crippen LogP contribution >= 0.6 is 27.3 Å². The molecule has 8 heteroatoms. The molecule has 2 N–H and O–H groups in total. The minimum atomic E-state index is -0.696. The maximum atomic E-state index is 12.9. The van der Waals surface area contributed by atoms with Gasteiger partial charge >= 0.3 is 0 Å². The molecular weight excluding hydrogens is 464 g/mol. The maximum Gasteiger partial charge on any atom is 0.249 e. The molecule has 2 aromatic carbocycles. The topological polar surface area (TPSA) is 84.0 Å². The molecule has 0 aliphatic carbocycles. The Bertz CT molecular complexity index is 990. The second-order valence-corrected chi connectivity index (χ2v) is 9.21. The number of benzene rings is 2. The molecule has 0 spiro atoms. The number of nitrogens with zero attached hydrogens (tertiary/aromatic N) is 2. The molecule has 2 amide bonds. The molecule has 0 fully saturated rings. The molecule has 0 saturated heterocycles. The van der Waals surface area contributed by atoms with Gasteiger partial charge in [0, 0.05) is 22.9 Å². The molecule has 3 rings (SSSR count). The molecule has 6 nitrogen and oxygen atoms in total. The van der Waals surface area contributed by atoms with E-state index in [0.717, 1.165) is 15.6 Å². The molecule has 0 aliphatic rings. The predicted molar refractivity (Wildman–Crippen MR) is 123 cm³/mol. The Kier molecular flexibility index (Phi) is 7.70. The van der Waals surface area contributed by atoms with Crippen LogP contribution in [0.2, 0.25) is 0 Å². The van der Waals surface area contributed by atoms with Gasteiger partial charge in [0.1, 0.15) is 11.0 Å². The Morgan fingerprint density at radius 1 is 1.03 bits per heavy atom. The van der Waals surface area contributed by atoms with Gasteiger partial charge in [-0.05, 0) is 23.6 Å². The van der Waals surface area contributed by atoms with E-state index in [0.29, 0.717) is 23.0 Å². The molecule has 1 aromatic heterocycles. The first-order chi connectivity index (χ1) is 14.4. The van der Waals surface area contributed by atoms with E-state index < -0.39 is 6.04 Å². The molecule has 0 unspecified atom stereocenters. The second-order valence-electron chi connectivity index (χ2n) is 7.32. The smallest absolute Gasteiger partial charge is 0.249 e. The van der Waals surface area contributed by atoms with Crippen molar-refractivity contribution in [1.29, 1.82) is 0 Å². The SMILES string of the molecule is CC(C)CC(=O)N[C@H](Cc1ccccc1)C(=O)Nc1nnc(-c2ccc(Br)cc2)s1. The lowest BCUT2D eigenvalue weighted by Gasteiger charge is -2.18. The van der Waals surface area contributed by atoms with E-state index in [1.807, 2.05) is 68.4 Å². The molecule has 0 radical (unpaired) electrons. The first-order valence-corrected chi connectivity index (χ1v) is 11.2. The fraction of sp³-hybridized carbons (Fsp3) is 0.273. The summed E-state index contributed by atoms with van der Waals surface area (Å²) in [6, 6.07) is 16.6. The average Bonchev–Trinajstić information content (AvgIpc) is 3.16. The number of hydrogen-bond donors (Lipinski definition) is 2. The van der Waals surface area contributed by atoms with Crippen molar-refractivity contribution >= 4 is 44.2 Å². The van der Waals surface area contributed by atoms with Crippen LogP contribution in [-0.4, -0.2) is 28.1 Å². The molecule has 30 heavy (non-hydrogen) atoms. The number of carbonyl (C=O) groups excluding carboxylic acids is 2. The molecule has 1 heterocycles. The van der Waals surface area contributed by atoms with Crippen LogP contribution in [-0.2, 0) is 16.0 Å². The van der Waals surface area contributed by atoms with Gasteiger partial charge in [-0.2, -0.15) is 0 Å². The largest absolute Gasteiger partial charge is 0.344 e. The first-order valence-electron chi connectivity index (χ1n) is 9.64. The van der Waals surface area contributed by atoms with Crippen LogP contribution in [0.1, 0.15) is 25.8 Å². The predicted octanol–water partition coefficient (Wildman–Crippen LogP) is 4.68. The summed E-state index contributed by atoms with van der Waals surface area (Å²) in [5.74, 6) is -0.245. The summed E-state index contributed by atoms with van der Waals surface area (Å²) in [7, 11) is 0. The number of hydrogen-bond acceptors (Lipinski definition) is 5. The van der Waals surface area contributed by atoms with Crippen molar-refractivity contribution in [2.75, 3.05) is 5.32 Å². The average molecular weight is 487 g/mol. The summed E-state index contributed by atoms with van der Waals surface area (Å²) in [5, 5.41) is 15.0. The summed E-state index contributed by atoms with van der Waals surface area (Å²) in [4.78, 5) is 25.2. The first kappa shape index (κ1) is 22.1. The van der Waals surface area contributed by atoms with Crippen molar-refractivity contribution in [2.24, 2.45) is 5.92 Å². The fourth-order valence-corrected chi connectivity index (χ4v) is 3.87. The molecule has 0 bridgehead atoms. The highest BCUT2D eigenvalue weighted by Crippen LogP contribution is 2.27. The van der Waals surface area contributed by atoms with Crippen LogP contribution in [0, 0.1) is 5.92 Å². The highest BCUT2D eigenvalue weighted by Gasteiger charge is 2.23. The number of carbonyl (C=O) groups is 2. The van der Waals surface area contributed by atoms with Crippen molar-refractivity contribution in [3.8, 4) is 10.6 Å². The normalized spacial score (nSPS) is 11.9. The van der Waals surface area contributed by atoms with Crippen LogP contribution in [0.3, 0.4) is 0 Å². The summed E-state index contributed by atoms with van der Waals surface area (Å²) >= 11 is 4.70. The van der Waals surface area contributed by atoms with E-state index in [1.165, 1.54) is 11.3 Å². The number of halogens is 1. The van der Waals surface area contributed by atoms with Crippen LogP contribution in [0.5, 0.6) is 0 Å². The lowest BCUT2D eigenvalue weighted by atomic mass is 10.0. The van der Waals surface area contributed by atoms with E-state index in [-0.39, 0.29) is 17.7 Å². The Morgan fingerprint density at radius 2 is 1.73 bits per heavy atom. The van der Waals surface area contributed by atoms with E-state index in [2.05, 4.69) is 36.8 Å². The lowest BCUT2D eigenvalue weighted by molar-refractivity contribution is -0.127. The van der Waals surface area contributed by atoms with Crippen LogP contribution in [0.25, 0.3) is 10.6 Å². The van der Waals surface area contributed by atoms with Gasteiger partial charge in [-0.3, -0.25) is 14.9 Å². The zero-order chi connectivity index (χ0) is 21.5. The molecule has 156 valence electrons. The lowest BCUT2D eigenvalue weighted by Crippen LogP contribution is -2.45. The quantitative estimate of drug-likeness (QED) is 0.483. The van der Waals surface area contributed by atoms with Crippen molar-refractivity contribution in [3.05, 3.63) is 64.6 Å². The van der Waals surface area contributed by atoms with Gasteiger partial charge in [0.15, 0.2) is 0 Å². The zero-order valence-corrected chi connectivity index (χ0v) is 19.2. The third-order valence-corrected chi connectivity index (χ3v) is 5.69. The maximum absolute atomic E-state index is 12.9. The van der Waals surface area contributed by atoms with Crippen molar-refractivity contribution in [2.45, 2.75) is 32.7 Å². The van der Waals surface area contributed by atoms with Gasteiger partial charge in [-0.1, -0.05) is 83.6 Å². The Balaban J connectivity index is 1.72. The van der Waals surface area contributed by atoms with Gasteiger partial charge in [0.2, 0.25) is 16.9 Å². The van der Waals surface area contributed by atoms with Gasteiger partial charge in [-0.15, -0.1) is 10.2 Å². The number of anilines is 1. The molecular formula is C22H23BrN4O2S. The van der Waals surface area contributed by atoms with E-state index >= 15 is 0 Å². The van der Waals surface area contributed by atoms with E-state index in [9.17, 15) is 9.59 Å². The van der Waals surface area contributed by atoms with Crippen LogP contribution in [0.15, 0.2) is 59.1 Å². The van der Waals surface area contributed by atoms with Gasteiger partial charge in [-0.25, -0.2) is 0 Å². The second kappa shape index (κ2) is 10.4. The zero-order valence-electron chi connectivity index (χ0n) is 16.8. The van der Waals surface area contributed by atoms with Gasteiger partial charge in [0.25, 0.3) is 0 Å². The van der Waals surface area contributed by atoms with E-state index in [1.54, 1.807) is 0 Å². The third kappa shape index (κ3) is 6.47. The highest BCUT2D eigenvalue weighted by molar-refractivity contribution is 9.10. The summed E-state index contributed by atoms with van der Waals surface area (Å²) in [5.41, 5.74) is 1.89. The minimum Gasteiger partial charge on any atom is -0.344 e. The summed E-state index contributed by atoms with van der Waals surface area (Å²) in [6.07, 6.45) is 0.764. The summed E-state index contributed by atoms with van der Waals surface area (Å²) in [6.45, 7) is 3.94. The van der Waals surface area contributed by atoms with Crippen molar-refractivity contribution in [3.63, 3.8) is 0 Å². The number of amides is 2. The third-order valence-electron chi connectivity index (χ3n) is 4.27. The van der Waals surface area contributed by atoms with Gasteiger partial charge < -0.3 is 5.32 Å². The van der Waals surface area contributed by atoms with Crippen molar-refractivity contribution < 1.29 is 9.59 Å². The Labute approximate surface area is 188 Å². The van der Waals surface area contributed by atoms with E-state index in [4.69, 9.17) is 0 Å². The van der Waals surface area contributed by atoms with Crippen molar-refractivity contribution in [1.82, 2.24) is 15.5 Å². The number of aromatic nitrogens is 2. The summed E-state index contributed by atoms with van der Waals surface area (Å²) < 4.78 is 0.977. The number of nitrogens with one attached hydrogen (secondary N) is 2. The Morgan fingerprint density at radius 3 is 2.40 bits per heavy atom. The molecule has 1 atom stereocenters. The van der Waals surface area contributed by atoms with Crippen LogP contribution < -0.4 is 10.6 Å². The number of rotatable bonds is 8. The fourth-order valence-electron chi connectivity index (χ4n) is 2.86. The minimum absolute atomic E-state index is 0.145. The van der Waals surface area contributed by atoms with Crippen LogP contribution in [0.4, 0.5) is 5.13 Å². The monoisotopic (exact) mass is 486 g/mol. The molecule has 0 aliphatic heterocycles. The van der Waals surface area contributed by atoms with Gasteiger partial charge in [0.05, 0.1) is 0 Å². The standard InChI is InChI=1S/C22H23BrN4O2S/c1-14(2)12-19(28)24-18(13-15-6-4-3-5-7-15)20(29)25-22-27-26-21(30-22)16-8-10-17(23)11-9-16/h3-11,14,18H,12-13H2,1-2H3,(H,24,28)(H,25,27,29)/t18-/m1/s1. The molecule has 0 saturated carbocycles.